The highest BCUT2D eigenvalue weighted by atomic mass is 16.2. The van der Waals surface area contributed by atoms with Crippen LogP contribution in [-0.2, 0) is 9.59 Å². The number of hydrogen-bond acceptors (Lipinski definition) is 4. The summed E-state index contributed by atoms with van der Waals surface area (Å²) in [4.78, 5) is 30.6. The summed E-state index contributed by atoms with van der Waals surface area (Å²) < 4.78 is 0. The summed E-state index contributed by atoms with van der Waals surface area (Å²) in [7, 11) is 3.89. The number of nitrogens with zero attached hydrogens (tertiary/aromatic N) is 3. The number of likely N-dealkylation sites (N-methyl/N-ethyl adjacent to an activating group) is 1. The predicted octanol–water partition coefficient (Wildman–Crippen LogP) is -0.0861. The third kappa shape index (κ3) is 4.08. The maximum atomic E-state index is 12.4. The van der Waals surface area contributed by atoms with E-state index in [1.807, 2.05) is 30.0 Å². The average molecular weight is 308 g/mol. The fraction of sp³-hybridized carbons (Fsp3) is 0.750. The molecule has 0 radical (unpaired) electrons. The van der Waals surface area contributed by atoms with Crippen molar-refractivity contribution in [1.82, 2.24) is 20.0 Å². The lowest BCUT2D eigenvalue weighted by atomic mass is 10.1. The fourth-order valence-corrected chi connectivity index (χ4v) is 3.12. The molecule has 2 saturated heterocycles. The molecular formula is C16H28N4O2. The molecular weight excluding hydrogens is 280 g/mol. The van der Waals surface area contributed by atoms with E-state index in [4.69, 9.17) is 0 Å². The topological polar surface area (TPSA) is 55.9 Å². The molecule has 2 rings (SSSR count). The second-order valence-electron chi connectivity index (χ2n) is 6.74. The van der Waals surface area contributed by atoms with Gasteiger partial charge < -0.3 is 15.1 Å². The van der Waals surface area contributed by atoms with Gasteiger partial charge in [-0.25, -0.2) is 0 Å². The summed E-state index contributed by atoms with van der Waals surface area (Å²) in [6, 6.07) is 0.369. The minimum Gasteiger partial charge on any atom is -0.341 e. The van der Waals surface area contributed by atoms with E-state index in [1.165, 1.54) is 6.08 Å². The Bertz CT molecular complexity index is 447. The number of nitrogens with one attached hydrogen (secondary N) is 1. The molecule has 0 bridgehead atoms. The van der Waals surface area contributed by atoms with Gasteiger partial charge in [-0.2, -0.15) is 0 Å². The lowest BCUT2D eigenvalue weighted by molar-refractivity contribution is -0.134. The SMILES string of the molecule is CC(C)N1CCN2C(=O)C(NC(=O)/C=C/CN(C)C)CC2C1. The number of rotatable bonds is 5. The first-order chi connectivity index (χ1) is 10.4. The van der Waals surface area contributed by atoms with Crippen molar-refractivity contribution in [3.63, 3.8) is 0 Å². The van der Waals surface area contributed by atoms with E-state index in [2.05, 4.69) is 24.1 Å². The van der Waals surface area contributed by atoms with E-state index < -0.39 is 0 Å². The van der Waals surface area contributed by atoms with Crippen LogP contribution in [0.5, 0.6) is 0 Å². The van der Waals surface area contributed by atoms with Crippen LogP contribution in [0.15, 0.2) is 12.2 Å². The van der Waals surface area contributed by atoms with Gasteiger partial charge in [-0.1, -0.05) is 6.08 Å². The molecule has 2 unspecified atom stereocenters. The van der Waals surface area contributed by atoms with Crippen molar-refractivity contribution >= 4 is 11.8 Å². The number of carbonyl (C=O) groups is 2. The maximum absolute atomic E-state index is 12.4. The van der Waals surface area contributed by atoms with E-state index in [9.17, 15) is 9.59 Å². The number of fused-ring (bicyclic) bond motifs is 1. The molecule has 0 aromatic heterocycles. The molecule has 0 aromatic rings. The monoisotopic (exact) mass is 308 g/mol. The van der Waals surface area contributed by atoms with Crippen LogP contribution in [-0.4, -0.2) is 84.9 Å². The first kappa shape index (κ1) is 17.0. The predicted molar refractivity (Wildman–Crippen MR) is 86.5 cm³/mol. The first-order valence-corrected chi connectivity index (χ1v) is 8.04. The summed E-state index contributed by atoms with van der Waals surface area (Å²) in [6.07, 6.45) is 4.04. The van der Waals surface area contributed by atoms with E-state index in [0.717, 1.165) is 26.1 Å². The van der Waals surface area contributed by atoms with Gasteiger partial charge in [0.2, 0.25) is 11.8 Å². The minimum absolute atomic E-state index is 0.0720. The van der Waals surface area contributed by atoms with E-state index >= 15 is 0 Å². The Kier molecular flexibility index (Phi) is 5.58. The standard InChI is InChI=1S/C16H28N4O2/c1-12(2)19-8-9-20-13(11-19)10-14(16(20)22)17-15(21)6-5-7-18(3)4/h5-6,12-14H,7-11H2,1-4H3,(H,17,21)/b6-5+. The summed E-state index contributed by atoms with van der Waals surface area (Å²) in [6.45, 7) is 7.67. The zero-order chi connectivity index (χ0) is 16.3. The van der Waals surface area contributed by atoms with Crippen molar-refractivity contribution < 1.29 is 9.59 Å². The van der Waals surface area contributed by atoms with Crippen molar-refractivity contribution in [3.8, 4) is 0 Å². The Hall–Kier alpha value is -1.40. The number of piperazine rings is 1. The second kappa shape index (κ2) is 7.24. The minimum atomic E-state index is -0.367. The van der Waals surface area contributed by atoms with Gasteiger partial charge in [0.05, 0.1) is 0 Å². The van der Waals surface area contributed by atoms with Crippen molar-refractivity contribution in [3.05, 3.63) is 12.2 Å². The Morgan fingerprint density at radius 1 is 1.41 bits per heavy atom. The molecule has 2 amide bonds. The number of hydrogen-bond donors (Lipinski definition) is 1. The van der Waals surface area contributed by atoms with Gasteiger partial charge in [-0.05, 0) is 34.4 Å². The smallest absolute Gasteiger partial charge is 0.245 e. The van der Waals surface area contributed by atoms with Gasteiger partial charge in [0.1, 0.15) is 6.04 Å². The third-order valence-corrected chi connectivity index (χ3v) is 4.39. The van der Waals surface area contributed by atoms with Crippen LogP contribution in [0.4, 0.5) is 0 Å². The van der Waals surface area contributed by atoms with Gasteiger partial charge in [-0.3, -0.25) is 14.5 Å². The average Bonchev–Trinajstić information content (AvgIpc) is 2.74. The summed E-state index contributed by atoms with van der Waals surface area (Å²) in [5, 5.41) is 2.85. The second-order valence-corrected chi connectivity index (χ2v) is 6.74. The zero-order valence-electron chi connectivity index (χ0n) is 14.1. The molecule has 6 nitrogen and oxygen atoms in total. The van der Waals surface area contributed by atoms with E-state index in [1.54, 1.807) is 0 Å². The van der Waals surface area contributed by atoms with Crippen LogP contribution in [0.1, 0.15) is 20.3 Å². The normalized spacial score (nSPS) is 26.3. The molecule has 0 aromatic carbocycles. The van der Waals surface area contributed by atoms with Crippen molar-refractivity contribution in [2.24, 2.45) is 0 Å². The first-order valence-electron chi connectivity index (χ1n) is 8.04. The van der Waals surface area contributed by atoms with Gasteiger partial charge in [0.15, 0.2) is 0 Å². The molecule has 2 heterocycles. The number of amides is 2. The zero-order valence-corrected chi connectivity index (χ0v) is 14.1. The molecule has 2 atom stereocenters. The fourth-order valence-electron chi connectivity index (χ4n) is 3.12. The molecule has 6 heteroatoms. The summed E-state index contributed by atoms with van der Waals surface area (Å²) >= 11 is 0. The molecule has 124 valence electrons. The third-order valence-electron chi connectivity index (χ3n) is 4.39. The lowest BCUT2D eigenvalue weighted by Gasteiger charge is -2.39. The van der Waals surface area contributed by atoms with Crippen LogP contribution in [0.2, 0.25) is 0 Å². The van der Waals surface area contributed by atoms with Gasteiger partial charge >= 0.3 is 0 Å². The van der Waals surface area contributed by atoms with Crippen LogP contribution in [0.25, 0.3) is 0 Å². The quantitative estimate of drug-likeness (QED) is 0.722. The summed E-state index contributed by atoms with van der Waals surface area (Å²) in [5.41, 5.74) is 0. The lowest BCUT2D eigenvalue weighted by Crippen LogP contribution is -2.53. The van der Waals surface area contributed by atoms with Gasteiger partial charge in [-0.15, -0.1) is 0 Å². The molecule has 2 fully saturated rings. The van der Waals surface area contributed by atoms with Crippen molar-refractivity contribution in [1.29, 1.82) is 0 Å². The molecule has 0 aliphatic carbocycles. The largest absolute Gasteiger partial charge is 0.341 e. The maximum Gasteiger partial charge on any atom is 0.245 e. The van der Waals surface area contributed by atoms with E-state index in [0.29, 0.717) is 12.6 Å². The molecule has 2 aliphatic rings. The van der Waals surface area contributed by atoms with Crippen LogP contribution in [0, 0.1) is 0 Å². The van der Waals surface area contributed by atoms with Crippen LogP contribution in [0.3, 0.4) is 0 Å². The Labute approximate surface area is 133 Å². The molecule has 22 heavy (non-hydrogen) atoms. The van der Waals surface area contributed by atoms with Crippen molar-refractivity contribution in [2.75, 3.05) is 40.3 Å². The van der Waals surface area contributed by atoms with Crippen LogP contribution >= 0.6 is 0 Å². The van der Waals surface area contributed by atoms with Gasteiger partial charge in [0, 0.05) is 44.3 Å². The Balaban J connectivity index is 1.88. The summed E-state index contributed by atoms with van der Waals surface area (Å²) in [5.74, 6) is -0.108. The molecule has 0 saturated carbocycles. The van der Waals surface area contributed by atoms with Gasteiger partial charge in [0.25, 0.3) is 0 Å². The highest BCUT2D eigenvalue weighted by molar-refractivity contribution is 5.94. The Morgan fingerprint density at radius 3 is 2.77 bits per heavy atom. The molecule has 0 spiro atoms. The number of carbonyl (C=O) groups excluding carboxylic acids is 2. The molecule has 1 N–H and O–H groups in total. The molecule has 2 aliphatic heterocycles. The van der Waals surface area contributed by atoms with Crippen molar-refractivity contribution in [2.45, 2.75) is 38.4 Å². The van der Waals surface area contributed by atoms with Crippen LogP contribution < -0.4 is 5.32 Å². The highest BCUT2D eigenvalue weighted by Crippen LogP contribution is 2.24. The highest BCUT2D eigenvalue weighted by Gasteiger charge is 2.42. The Morgan fingerprint density at radius 2 is 2.14 bits per heavy atom. The van der Waals surface area contributed by atoms with E-state index in [-0.39, 0.29) is 23.9 Å².